The maximum atomic E-state index is 11.7. The molecular formula is C5H3Cl2F2N3O. The zero-order chi connectivity index (χ0) is 9.84. The topological polar surface area (TPSA) is 47.9 Å². The third-order valence-corrected chi connectivity index (χ3v) is 1.33. The predicted molar refractivity (Wildman–Crippen MR) is 41.3 cm³/mol. The Morgan fingerprint density at radius 1 is 1.31 bits per heavy atom. The van der Waals surface area contributed by atoms with E-state index in [2.05, 4.69) is 19.9 Å². The van der Waals surface area contributed by atoms with E-state index in [0.717, 1.165) is 0 Å². The Labute approximate surface area is 81.8 Å². The quantitative estimate of drug-likeness (QED) is 0.794. The molecule has 0 saturated carbocycles. The molecule has 72 valence electrons. The summed E-state index contributed by atoms with van der Waals surface area (Å²) in [6.07, 6.45) is -2.61. The molecule has 1 rings (SSSR count). The second kappa shape index (κ2) is 4.48. The van der Waals surface area contributed by atoms with Gasteiger partial charge in [0.15, 0.2) is 6.61 Å². The van der Waals surface area contributed by atoms with Crippen LogP contribution in [0.5, 0.6) is 5.88 Å². The van der Waals surface area contributed by atoms with E-state index in [1.165, 1.54) is 0 Å². The average molecular weight is 230 g/mol. The van der Waals surface area contributed by atoms with Gasteiger partial charge in [-0.15, -0.1) is 10.2 Å². The SMILES string of the molecule is FC(F)COc1nc(Cl)nnc1Cl. The molecule has 0 saturated heterocycles. The van der Waals surface area contributed by atoms with E-state index in [1.54, 1.807) is 0 Å². The molecule has 0 bridgehead atoms. The Morgan fingerprint density at radius 3 is 2.62 bits per heavy atom. The van der Waals surface area contributed by atoms with E-state index in [9.17, 15) is 8.78 Å². The summed E-state index contributed by atoms with van der Waals surface area (Å²) in [6, 6.07) is 0. The van der Waals surface area contributed by atoms with Gasteiger partial charge in [-0.3, -0.25) is 0 Å². The first-order valence-corrected chi connectivity index (χ1v) is 3.82. The molecule has 0 aromatic carbocycles. The molecule has 0 N–H and O–H groups in total. The lowest BCUT2D eigenvalue weighted by molar-refractivity contribution is 0.0793. The molecule has 0 aliphatic carbocycles. The van der Waals surface area contributed by atoms with Gasteiger partial charge in [0.05, 0.1) is 0 Å². The van der Waals surface area contributed by atoms with Crippen LogP contribution < -0.4 is 4.74 Å². The molecule has 0 atom stereocenters. The Morgan fingerprint density at radius 2 is 2.00 bits per heavy atom. The van der Waals surface area contributed by atoms with Crippen LogP contribution in [0.2, 0.25) is 10.4 Å². The molecule has 0 spiro atoms. The van der Waals surface area contributed by atoms with Crippen molar-refractivity contribution >= 4 is 23.2 Å². The van der Waals surface area contributed by atoms with Crippen LogP contribution in [0.3, 0.4) is 0 Å². The lowest BCUT2D eigenvalue weighted by atomic mass is 10.7. The third kappa shape index (κ3) is 3.23. The zero-order valence-corrected chi connectivity index (χ0v) is 7.56. The highest BCUT2D eigenvalue weighted by Gasteiger charge is 2.10. The van der Waals surface area contributed by atoms with Crippen molar-refractivity contribution in [2.75, 3.05) is 6.61 Å². The van der Waals surface area contributed by atoms with Crippen molar-refractivity contribution in [3.8, 4) is 5.88 Å². The summed E-state index contributed by atoms with van der Waals surface area (Å²) in [5.74, 6) is -0.248. The molecule has 0 fully saturated rings. The van der Waals surface area contributed by atoms with E-state index in [-0.39, 0.29) is 16.3 Å². The molecule has 1 heterocycles. The molecule has 1 aromatic rings. The average Bonchev–Trinajstić information content (AvgIpc) is 2.06. The molecule has 0 radical (unpaired) electrons. The van der Waals surface area contributed by atoms with Gasteiger partial charge >= 0.3 is 0 Å². The normalized spacial score (nSPS) is 10.5. The van der Waals surface area contributed by atoms with Gasteiger partial charge in [0.2, 0.25) is 10.4 Å². The number of ether oxygens (including phenoxy) is 1. The summed E-state index contributed by atoms with van der Waals surface area (Å²) in [5, 5.41) is 6.16. The largest absolute Gasteiger partial charge is 0.469 e. The number of aromatic nitrogens is 3. The third-order valence-electron chi connectivity index (χ3n) is 0.937. The lowest BCUT2D eigenvalue weighted by Gasteiger charge is -2.04. The van der Waals surface area contributed by atoms with Crippen molar-refractivity contribution < 1.29 is 13.5 Å². The number of rotatable bonds is 3. The van der Waals surface area contributed by atoms with Gasteiger partial charge in [-0.2, -0.15) is 4.98 Å². The van der Waals surface area contributed by atoms with Crippen LogP contribution >= 0.6 is 23.2 Å². The molecule has 0 amide bonds. The van der Waals surface area contributed by atoms with Crippen LogP contribution in [0.4, 0.5) is 8.78 Å². The molecule has 1 aromatic heterocycles. The van der Waals surface area contributed by atoms with Crippen molar-refractivity contribution in [1.29, 1.82) is 0 Å². The highest BCUT2D eigenvalue weighted by molar-refractivity contribution is 6.31. The zero-order valence-electron chi connectivity index (χ0n) is 6.05. The van der Waals surface area contributed by atoms with Crippen LogP contribution in [0.1, 0.15) is 0 Å². The maximum absolute atomic E-state index is 11.7. The second-order valence-electron chi connectivity index (χ2n) is 1.88. The van der Waals surface area contributed by atoms with Crippen molar-refractivity contribution in [3.63, 3.8) is 0 Å². The fourth-order valence-electron chi connectivity index (χ4n) is 0.514. The number of halogens is 4. The van der Waals surface area contributed by atoms with Gasteiger partial charge in [0, 0.05) is 0 Å². The highest BCUT2D eigenvalue weighted by Crippen LogP contribution is 2.19. The van der Waals surface area contributed by atoms with Crippen LogP contribution in [0, 0.1) is 0 Å². The Bertz CT molecular complexity index is 299. The molecule has 0 aliphatic rings. The van der Waals surface area contributed by atoms with Gasteiger partial charge in [-0.1, -0.05) is 11.6 Å². The fraction of sp³-hybridized carbons (Fsp3) is 0.400. The highest BCUT2D eigenvalue weighted by atomic mass is 35.5. The molecule has 4 nitrogen and oxygen atoms in total. The van der Waals surface area contributed by atoms with Crippen LogP contribution in [0.15, 0.2) is 0 Å². The molecular weight excluding hydrogens is 227 g/mol. The summed E-state index contributed by atoms with van der Waals surface area (Å²) < 4.78 is 27.9. The van der Waals surface area contributed by atoms with Crippen LogP contribution in [-0.4, -0.2) is 28.2 Å². The van der Waals surface area contributed by atoms with Gasteiger partial charge in [-0.25, -0.2) is 8.78 Å². The first-order chi connectivity index (χ1) is 6.09. The Balaban J connectivity index is 2.70. The smallest absolute Gasteiger partial charge is 0.272 e. The van der Waals surface area contributed by atoms with E-state index < -0.39 is 13.0 Å². The minimum Gasteiger partial charge on any atom is -0.469 e. The fourth-order valence-corrected chi connectivity index (χ4v) is 0.763. The minimum atomic E-state index is -2.61. The van der Waals surface area contributed by atoms with Gasteiger partial charge in [0.1, 0.15) is 0 Å². The van der Waals surface area contributed by atoms with Crippen LogP contribution in [0.25, 0.3) is 0 Å². The van der Waals surface area contributed by atoms with Gasteiger partial charge in [0.25, 0.3) is 12.3 Å². The number of hydrogen-bond donors (Lipinski definition) is 0. The van der Waals surface area contributed by atoms with E-state index in [0.29, 0.717) is 0 Å². The van der Waals surface area contributed by atoms with E-state index in [4.69, 9.17) is 23.2 Å². The predicted octanol–water partition coefficient (Wildman–Crippen LogP) is 1.82. The first-order valence-electron chi connectivity index (χ1n) is 3.06. The van der Waals surface area contributed by atoms with Crippen molar-refractivity contribution in [2.45, 2.75) is 6.43 Å². The van der Waals surface area contributed by atoms with Crippen molar-refractivity contribution in [1.82, 2.24) is 15.2 Å². The number of nitrogens with zero attached hydrogens (tertiary/aromatic N) is 3. The maximum Gasteiger partial charge on any atom is 0.272 e. The molecule has 0 unspecified atom stereocenters. The second-order valence-corrected chi connectivity index (χ2v) is 2.57. The molecule has 13 heavy (non-hydrogen) atoms. The van der Waals surface area contributed by atoms with Crippen molar-refractivity contribution in [3.05, 3.63) is 10.4 Å². The first kappa shape index (κ1) is 10.3. The number of hydrogen-bond acceptors (Lipinski definition) is 4. The molecule has 0 aliphatic heterocycles. The minimum absolute atomic E-state index is 0.204. The van der Waals surface area contributed by atoms with Gasteiger partial charge < -0.3 is 4.74 Å². The lowest BCUT2D eigenvalue weighted by Crippen LogP contribution is -2.09. The van der Waals surface area contributed by atoms with Crippen molar-refractivity contribution in [2.24, 2.45) is 0 Å². The Hall–Kier alpha value is -0.750. The van der Waals surface area contributed by atoms with E-state index >= 15 is 0 Å². The summed E-state index contributed by atoms with van der Waals surface area (Å²) in [4.78, 5) is 3.45. The summed E-state index contributed by atoms with van der Waals surface area (Å²) in [6.45, 7) is -0.811. The van der Waals surface area contributed by atoms with Gasteiger partial charge in [-0.05, 0) is 11.6 Å². The molecule has 8 heteroatoms. The van der Waals surface area contributed by atoms with E-state index in [1.807, 2.05) is 0 Å². The summed E-state index contributed by atoms with van der Waals surface area (Å²) in [5.41, 5.74) is 0. The number of alkyl halides is 2. The summed E-state index contributed by atoms with van der Waals surface area (Å²) >= 11 is 10.7. The monoisotopic (exact) mass is 229 g/mol. The van der Waals surface area contributed by atoms with Crippen LogP contribution in [-0.2, 0) is 0 Å². The standard InChI is InChI=1S/C5H3Cl2F2N3O/c6-3-4(13-1-2(8)9)10-5(7)12-11-3/h2H,1H2. The Kier molecular flexibility index (Phi) is 3.56. The summed E-state index contributed by atoms with van der Waals surface area (Å²) in [7, 11) is 0.